The lowest BCUT2D eigenvalue weighted by Crippen LogP contribution is -2.31. The van der Waals surface area contributed by atoms with E-state index in [9.17, 15) is 4.79 Å². The van der Waals surface area contributed by atoms with E-state index in [0.29, 0.717) is 12.5 Å². The van der Waals surface area contributed by atoms with Gasteiger partial charge in [0.05, 0.1) is 6.61 Å². The van der Waals surface area contributed by atoms with Crippen LogP contribution in [0, 0.1) is 5.92 Å². The summed E-state index contributed by atoms with van der Waals surface area (Å²) in [6.45, 7) is 4.30. The zero-order valence-electron chi connectivity index (χ0n) is 5.68. The van der Waals surface area contributed by atoms with E-state index in [0.717, 1.165) is 0 Å². The van der Waals surface area contributed by atoms with Crippen LogP contribution >= 0.6 is 0 Å². The number of hydrogen-bond acceptors (Lipinski definition) is 3. The maximum absolute atomic E-state index is 10.3. The zero-order chi connectivity index (χ0) is 7.28. The summed E-state index contributed by atoms with van der Waals surface area (Å²) in [5, 5.41) is 0. The lowest BCUT2D eigenvalue weighted by Gasteiger charge is -2.04. The molecule has 0 radical (unpaired) electrons. The van der Waals surface area contributed by atoms with E-state index < -0.39 is 6.09 Å². The SMILES string of the molecule is CC(C)COC(=O)NN. The molecule has 4 heteroatoms. The Bertz CT molecular complexity index is 93.0. The van der Waals surface area contributed by atoms with Crippen LogP contribution in [0.15, 0.2) is 0 Å². The number of nitrogens with two attached hydrogens (primary N) is 1. The molecule has 0 rings (SSSR count). The first-order chi connectivity index (χ1) is 4.16. The third-order valence-corrected chi connectivity index (χ3v) is 0.666. The summed E-state index contributed by atoms with van der Waals surface area (Å²) >= 11 is 0. The normalized spacial score (nSPS) is 9.33. The van der Waals surface area contributed by atoms with Gasteiger partial charge >= 0.3 is 6.09 Å². The molecule has 0 spiro atoms. The summed E-state index contributed by atoms with van der Waals surface area (Å²) in [6.07, 6.45) is -0.580. The van der Waals surface area contributed by atoms with Gasteiger partial charge in [0.1, 0.15) is 0 Å². The Kier molecular flexibility index (Phi) is 3.79. The van der Waals surface area contributed by atoms with Crippen LogP contribution < -0.4 is 11.3 Å². The van der Waals surface area contributed by atoms with E-state index in [1.54, 1.807) is 0 Å². The number of carbonyl (C=O) groups is 1. The molecule has 54 valence electrons. The molecule has 4 nitrogen and oxygen atoms in total. The lowest BCUT2D eigenvalue weighted by atomic mass is 10.2. The molecular formula is C5H12N2O2. The van der Waals surface area contributed by atoms with Gasteiger partial charge in [-0.15, -0.1) is 0 Å². The van der Waals surface area contributed by atoms with E-state index >= 15 is 0 Å². The van der Waals surface area contributed by atoms with Gasteiger partial charge in [-0.05, 0) is 5.92 Å². The molecule has 0 aromatic heterocycles. The fourth-order valence-corrected chi connectivity index (χ4v) is 0.284. The third-order valence-electron chi connectivity index (χ3n) is 0.666. The quantitative estimate of drug-likeness (QED) is 0.321. The number of amides is 1. The fraction of sp³-hybridized carbons (Fsp3) is 0.800. The first-order valence-electron chi connectivity index (χ1n) is 2.80. The van der Waals surface area contributed by atoms with Gasteiger partial charge in [0, 0.05) is 0 Å². The number of carbonyl (C=O) groups excluding carboxylic acids is 1. The van der Waals surface area contributed by atoms with Crippen LogP contribution in [0.2, 0.25) is 0 Å². The number of hydrogen-bond donors (Lipinski definition) is 2. The molecular weight excluding hydrogens is 120 g/mol. The Labute approximate surface area is 54.3 Å². The van der Waals surface area contributed by atoms with Gasteiger partial charge in [0.25, 0.3) is 0 Å². The van der Waals surface area contributed by atoms with Gasteiger partial charge in [0.2, 0.25) is 0 Å². The zero-order valence-corrected chi connectivity index (χ0v) is 5.68. The molecule has 0 saturated carbocycles. The predicted molar refractivity (Wildman–Crippen MR) is 33.5 cm³/mol. The van der Waals surface area contributed by atoms with Crippen molar-refractivity contribution in [3.8, 4) is 0 Å². The van der Waals surface area contributed by atoms with Crippen molar-refractivity contribution in [3.63, 3.8) is 0 Å². The smallest absolute Gasteiger partial charge is 0.421 e. The van der Waals surface area contributed by atoms with Crippen LogP contribution in [-0.4, -0.2) is 12.7 Å². The Morgan fingerprint density at radius 2 is 2.33 bits per heavy atom. The van der Waals surface area contributed by atoms with Gasteiger partial charge in [-0.2, -0.15) is 0 Å². The van der Waals surface area contributed by atoms with E-state index in [1.807, 2.05) is 19.3 Å². The average molecular weight is 132 g/mol. The molecule has 0 aliphatic rings. The van der Waals surface area contributed by atoms with Crippen molar-refractivity contribution in [1.82, 2.24) is 5.43 Å². The topological polar surface area (TPSA) is 64.3 Å². The van der Waals surface area contributed by atoms with Crippen molar-refractivity contribution in [2.24, 2.45) is 11.8 Å². The molecule has 0 saturated heterocycles. The largest absolute Gasteiger partial charge is 0.448 e. The van der Waals surface area contributed by atoms with Gasteiger partial charge in [-0.25, -0.2) is 10.6 Å². The minimum absolute atomic E-state index is 0.349. The standard InChI is InChI=1S/C5H12N2O2/c1-4(2)3-9-5(8)7-6/h4H,3,6H2,1-2H3,(H,7,8). The predicted octanol–water partition coefficient (Wildman–Crippen LogP) is 0.242. The highest BCUT2D eigenvalue weighted by Crippen LogP contribution is 1.91. The van der Waals surface area contributed by atoms with Gasteiger partial charge in [-0.1, -0.05) is 13.8 Å². The molecule has 0 aliphatic carbocycles. The molecule has 3 N–H and O–H groups in total. The van der Waals surface area contributed by atoms with Crippen molar-refractivity contribution in [2.75, 3.05) is 6.61 Å². The Hall–Kier alpha value is -0.770. The van der Waals surface area contributed by atoms with Gasteiger partial charge in [0.15, 0.2) is 0 Å². The average Bonchev–Trinajstić information content (AvgIpc) is 1.83. The van der Waals surface area contributed by atoms with Crippen LogP contribution in [0.1, 0.15) is 13.8 Å². The maximum atomic E-state index is 10.3. The second kappa shape index (κ2) is 4.14. The summed E-state index contributed by atoms with van der Waals surface area (Å²) in [5.41, 5.74) is 1.86. The Balaban J connectivity index is 3.17. The van der Waals surface area contributed by atoms with Crippen LogP contribution in [0.4, 0.5) is 4.79 Å². The van der Waals surface area contributed by atoms with Gasteiger partial charge in [-0.3, -0.25) is 5.43 Å². The maximum Gasteiger partial charge on any atom is 0.421 e. The van der Waals surface area contributed by atoms with E-state index in [-0.39, 0.29) is 0 Å². The number of nitrogens with one attached hydrogen (secondary N) is 1. The highest BCUT2D eigenvalue weighted by molar-refractivity contribution is 5.66. The lowest BCUT2D eigenvalue weighted by molar-refractivity contribution is 0.133. The molecule has 1 amide bonds. The molecule has 0 atom stereocenters. The molecule has 0 fully saturated rings. The molecule has 9 heavy (non-hydrogen) atoms. The highest BCUT2D eigenvalue weighted by Gasteiger charge is 1.98. The monoisotopic (exact) mass is 132 g/mol. The van der Waals surface area contributed by atoms with Crippen LogP contribution in [0.5, 0.6) is 0 Å². The highest BCUT2D eigenvalue weighted by atomic mass is 16.5. The number of hydrazine groups is 1. The summed E-state index contributed by atoms with van der Waals surface area (Å²) in [7, 11) is 0. The van der Waals surface area contributed by atoms with E-state index in [1.165, 1.54) is 0 Å². The molecule has 0 unspecified atom stereocenters. The summed E-state index contributed by atoms with van der Waals surface area (Å²) in [6, 6.07) is 0. The van der Waals surface area contributed by atoms with Crippen LogP contribution in [0.3, 0.4) is 0 Å². The summed E-state index contributed by atoms with van der Waals surface area (Å²) in [4.78, 5) is 10.3. The molecule has 0 aliphatic heterocycles. The van der Waals surface area contributed by atoms with Crippen molar-refractivity contribution < 1.29 is 9.53 Å². The second-order valence-corrected chi connectivity index (χ2v) is 2.14. The third kappa shape index (κ3) is 5.10. The summed E-state index contributed by atoms with van der Waals surface area (Å²) in [5.74, 6) is 5.08. The first-order valence-corrected chi connectivity index (χ1v) is 2.80. The number of rotatable bonds is 2. The minimum atomic E-state index is -0.580. The van der Waals surface area contributed by atoms with E-state index in [2.05, 4.69) is 4.74 Å². The van der Waals surface area contributed by atoms with E-state index in [4.69, 9.17) is 5.84 Å². The van der Waals surface area contributed by atoms with Crippen molar-refractivity contribution in [2.45, 2.75) is 13.8 Å². The number of ether oxygens (including phenoxy) is 1. The Morgan fingerprint density at radius 1 is 1.78 bits per heavy atom. The van der Waals surface area contributed by atoms with Crippen LogP contribution in [-0.2, 0) is 4.74 Å². The second-order valence-electron chi connectivity index (χ2n) is 2.14. The fourth-order valence-electron chi connectivity index (χ4n) is 0.284. The first kappa shape index (κ1) is 8.23. The molecule has 0 aromatic carbocycles. The van der Waals surface area contributed by atoms with Crippen LogP contribution in [0.25, 0.3) is 0 Å². The van der Waals surface area contributed by atoms with Crippen molar-refractivity contribution >= 4 is 6.09 Å². The van der Waals surface area contributed by atoms with Crippen molar-refractivity contribution in [1.29, 1.82) is 0 Å². The van der Waals surface area contributed by atoms with Crippen molar-refractivity contribution in [3.05, 3.63) is 0 Å². The Morgan fingerprint density at radius 3 is 2.67 bits per heavy atom. The van der Waals surface area contributed by atoms with Gasteiger partial charge < -0.3 is 4.74 Å². The summed E-state index contributed by atoms with van der Waals surface area (Å²) < 4.78 is 4.58. The minimum Gasteiger partial charge on any atom is -0.448 e. The molecule has 0 aromatic rings. The molecule has 0 bridgehead atoms. The molecule has 0 heterocycles.